The average molecular weight is 1100 g/mol. The Kier molecular flexibility index (Phi) is 54.1. The highest BCUT2D eigenvalue weighted by Gasteiger charge is 2.21. The third-order valence-electron chi connectivity index (χ3n) is 12.0. The highest BCUT2D eigenvalue weighted by molar-refractivity contribution is 7.45. The smallest absolute Gasteiger partial charge is 0.306 e. The van der Waals surface area contributed by atoms with Gasteiger partial charge in [-0.2, -0.15) is 0 Å². The van der Waals surface area contributed by atoms with Crippen LogP contribution >= 0.6 is 7.82 Å². The Morgan fingerprint density at radius 3 is 1.13 bits per heavy atom. The number of hydrogen-bond donors (Lipinski definition) is 0. The summed E-state index contributed by atoms with van der Waals surface area (Å²) in [4.78, 5) is 37.8. The number of phosphoric acid groups is 1. The zero-order valence-corrected chi connectivity index (χ0v) is 50.7. The standard InChI is InChI=1S/C68H110NO8P/c1-6-8-10-12-14-16-18-20-22-23-24-25-26-27-28-29-30-31-32-33-34-35-36-37-38-39-40-41-42-43-44-45-47-49-51-53-55-57-59-61-68(71)77-66(65-76-78(72,73)75-63-62-69(3,4)5)64-74-67(70)60-58-56-54-52-50-48-46-21-19-17-15-13-11-9-7-2/h8,10,14,16,20-22,24-25,27-28,30-31,33-34,36-37,39-40,42-43,45-47,51,53,66H,6-7,9,11-13,15,17-19,23,26,29,32,35,38,41,44,48-50,52,54-65H2,1-5H3/b10-8-,16-14-,22-20-,25-24-,28-27-,31-30-,34-33-,37-36-,40-39-,43-42-,46-21-,47-45-,53-51-. The zero-order valence-electron chi connectivity index (χ0n) is 49.8. The number of likely N-dealkylation sites (N-methyl/N-ethyl adjacent to an activating group) is 1. The van der Waals surface area contributed by atoms with Gasteiger partial charge in [0, 0.05) is 12.8 Å². The number of hydrogen-bond acceptors (Lipinski definition) is 8. The van der Waals surface area contributed by atoms with E-state index in [0.717, 1.165) is 122 Å². The van der Waals surface area contributed by atoms with Crippen molar-refractivity contribution in [2.24, 2.45) is 0 Å². The Labute approximate surface area is 477 Å². The number of quaternary nitrogens is 1. The van der Waals surface area contributed by atoms with Crippen molar-refractivity contribution in [1.82, 2.24) is 0 Å². The van der Waals surface area contributed by atoms with Crippen LogP contribution in [0.4, 0.5) is 0 Å². The van der Waals surface area contributed by atoms with Crippen LogP contribution in [-0.4, -0.2) is 70.0 Å². The van der Waals surface area contributed by atoms with Gasteiger partial charge in [0.15, 0.2) is 6.10 Å². The predicted molar refractivity (Wildman–Crippen MR) is 332 cm³/mol. The minimum absolute atomic E-state index is 0.0491. The van der Waals surface area contributed by atoms with Gasteiger partial charge in [-0.05, 0) is 128 Å². The molecule has 0 rings (SSSR count). The summed E-state index contributed by atoms with van der Waals surface area (Å²) >= 11 is 0. The number of allylic oxidation sites excluding steroid dienone is 26. The molecule has 0 saturated heterocycles. The minimum Gasteiger partial charge on any atom is -0.756 e. The van der Waals surface area contributed by atoms with Crippen molar-refractivity contribution in [1.29, 1.82) is 0 Å². The highest BCUT2D eigenvalue weighted by Crippen LogP contribution is 2.38. The molecule has 0 bridgehead atoms. The molecule has 0 aromatic heterocycles. The number of carbonyl (C=O) groups is 2. The molecule has 0 radical (unpaired) electrons. The number of esters is 2. The molecule has 440 valence electrons. The number of ether oxygens (including phenoxy) is 2. The summed E-state index contributed by atoms with van der Waals surface area (Å²) in [6.07, 6.45) is 85.9. The number of unbranched alkanes of at least 4 members (excludes halogenated alkanes) is 13. The molecule has 0 fully saturated rings. The van der Waals surface area contributed by atoms with Crippen molar-refractivity contribution in [3.05, 3.63) is 158 Å². The largest absolute Gasteiger partial charge is 0.756 e. The van der Waals surface area contributed by atoms with E-state index in [0.29, 0.717) is 23.9 Å². The topological polar surface area (TPSA) is 111 Å². The van der Waals surface area contributed by atoms with Gasteiger partial charge in [-0.25, -0.2) is 0 Å². The van der Waals surface area contributed by atoms with E-state index in [1.165, 1.54) is 44.9 Å². The molecule has 0 aliphatic heterocycles. The molecule has 0 saturated carbocycles. The van der Waals surface area contributed by atoms with Crippen molar-refractivity contribution in [2.75, 3.05) is 47.5 Å². The van der Waals surface area contributed by atoms with Crippen LogP contribution in [0, 0.1) is 0 Å². The van der Waals surface area contributed by atoms with Gasteiger partial charge in [0.25, 0.3) is 7.82 Å². The first kappa shape index (κ1) is 73.6. The van der Waals surface area contributed by atoms with Crippen molar-refractivity contribution >= 4 is 19.8 Å². The molecule has 78 heavy (non-hydrogen) atoms. The van der Waals surface area contributed by atoms with Crippen molar-refractivity contribution in [3.8, 4) is 0 Å². The summed E-state index contributed by atoms with van der Waals surface area (Å²) in [6.45, 7) is 4.03. The van der Waals surface area contributed by atoms with Gasteiger partial charge in [0.1, 0.15) is 19.8 Å². The van der Waals surface area contributed by atoms with E-state index in [1.54, 1.807) is 0 Å². The van der Waals surface area contributed by atoms with Crippen LogP contribution in [0.3, 0.4) is 0 Å². The Hall–Kier alpha value is -4.37. The Balaban J connectivity index is 4.25. The van der Waals surface area contributed by atoms with E-state index in [4.69, 9.17) is 18.5 Å². The lowest BCUT2D eigenvalue weighted by Crippen LogP contribution is -2.37. The molecule has 2 atom stereocenters. The second kappa shape index (κ2) is 57.3. The third-order valence-corrected chi connectivity index (χ3v) is 13.0. The molecule has 0 aromatic rings. The lowest BCUT2D eigenvalue weighted by Gasteiger charge is -2.28. The molecule has 0 N–H and O–H groups in total. The van der Waals surface area contributed by atoms with Crippen molar-refractivity contribution < 1.29 is 42.1 Å². The van der Waals surface area contributed by atoms with Gasteiger partial charge in [-0.15, -0.1) is 0 Å². The molecular formula is C68H110NO8P. The molecule has 0 heterocycles. The summed E-state index contributed by atoms with van der Waals surface area (Å²) in [6, 6.07) is 0. The number of phosphoric ester groups is 1. The Morgan fingerprint density at radius 2 is 0.731 bits per heavy atom. The van der Waals surface area contributed by atoms with E-state index in [-0.39, 0.29) is 26.1 Å². The quantitative estimate of drug-likeness (QED) is 0.0195. The van der Waals surface area contributed by atoms with Crippen LogP contribution < -0.4 is 4.89 Å². The first-order chi connectivity index (χ1) is 38.0. The SMILES string of the molecule is CC/C=C\C/C=C\C/C=C\C/C=C\C/C=C\C/C=C\C/C=C\C/C=C\C/C=C\C/C=C\C/C=C\C/C=C\CCCCC(=O)OC(COC(=O)CCCCCCC/C=C\CCCCCCCC)COP(=O)([O-])OCC[N+](C)(C)C. The fourth-order valence-corrected chi connectivity index (χ4v) is 8.12. The van der Waals surface area contributed by atoms with Crippen LogP contribution in [0.5, 0.6) is 0 Å². The van der Waals surface area contributed by atoms with E-state index in [1.807, 2.05) is 21.1 Å². The summed E-state index contributed by atoms with van der Waals surface area (Å²) in [5, 5.41) is 0. The van der Waals surface area contributed by atoms with Crippen LogP contribution in [0.1, 0.15) is 206 Å². The van der Waals surface area contributed by atoms with E-state index >= 15 is 0 Å². The number of rotatable bonds is 53. The van der Waals surface area contributed by atoms with Gasteiger partial charge in [-0.3, -0.25) is 14.2 Å². The summed E-state index contributed by atoms with van der Waals surface area (Å²) in [5.41, 5.74) is 0. The molecule has 9 nitrogen and oxygen atoms in total. The van der Waals surface area contributed by atoms with Crippen LogP contribution in [0.15, 0.2) is 158 Å². The first-order valence-corrected chi connectivity index (χ1v) is 31.7. The fourth-order valence-electron chi connectivity index (χ4n) is 7.39. The second-order valence-electron chi connectivity index (χ2n) is 20.6. The zero-order chi connectivity index (χ0) is 57.0. The van der Waals surface area contributed by atoms with Crippen molar-refractivity contribution in [2.45, 2.75) is 213 Å². The highest BCUT2D eigenvalue weighted by atomic mass is 31.2. The summed E-state index contributed by atoms with van der Waals surface area (Å²) < 4.78 is 34.0. The van der Waals surface area contributed by atoms with Gasteiger partial charge >= 0.3 is 11.9 Å². The maximum atomic E-state index is 12.8. The first-order valence-electron chi connectivity index (χ1n) is 30.2. The summed E-state index contributed by atoms with van der Waals surface area (Å²) in [7, 11) is 1.11. The van der Waals surface area contributed by atoms with Crippen LogP contribution in [0.2, 0.25) is 0 Å². The lowest BCUT2D eigenvalue weighted by atomic mass is 10.1. The monoisotopic (exact) mass is 1100 g/mol. The van der Waals surface area contributed by atoms with Gasteiger partial charge in [-0.1, -0.05) is 223 Å². The van der Waals surface area contributed by atoms with E-state index < -0.39 is 32.5 Å². The normalized spacial score (nSPS) is 14.4. The molecule has 2 unspecified atom stereocenters. The molecule has 10 heteroatoms. The molecule has 0 amide bonds. The molecule has 0 aliphatic rings. The van der Waals surface area contributed by atoms with Gasteiger partial charge < -0.3 is 27.9 Å². The predicted octanol–water partition coefficient (Wildman–Crippen LogP) is 18.6. The molecule has 0 aliphatic carbocycles. The average Bonchev–Trinajstić information content (AvgIpc) is 3.41. The second-order valence-corrected chi connectivity index (χ2v) is 22.0. The summed E-state index contributed by atoms with van der Waals surface area (Å²) in [5.74, 6) is -0.907. The van der Waals surface area contributed by atoms with Gasteiger partial charge in [0.05, 0.1) is 27.7 Å². The van der Waals surface area contributed by atoms with E-state index in [2.05, 4.69) is 172 Å². The minimum atomic E-state index is -4.66. The van der Waals surface area contributed by atoms with Crippen LogP contribution in [-0.2, 0) is 32.7 Å². The maximum Gasteiger partial charge on any atom is 0.306 e. The maximum absolute atomic E-state index is 12.8. The third kappa shape index (κ3) is 60.9. The Morgan fingerprint density at radius 1 is 0.410 bits per heavy atom. The number of carbonyl (C=O) groups excluding carboxylic acids is 2. The molecule has 0 spiro atoms. The van der Waals surface area contributed by atoms with Crippen LogP contribution in [0.25, 0.3) is 0 Å². The molecule has 0 aromatic carbocycles. The fraction of sp³-hybridized carbons (Fsp3) is 0.588. The lowest BCUT2D eigenvalue weighted by molar-refractivity contribution is -0.870. The number of nitrogens with zero attached hydrogens (tertiary/aromatic N) is 1. The molecular weight excluding hydrogens is 990 g/mol. The van der Waals surface area contributed by atoms with E-state index in [9.17, 15) is 19.0 Å². The Bertz CT molecular complexity index is 1870. The van der Waals surface area contributed by atoms with Gasteiger partial charge in [0.2, 0.25) is 0 Å². The van der Waals surface area contributed by atoms with Crippen molar-refractivity contribution in [3.63, 3.8) is 0 Å².